The topological polar surface area (TPSA) is 77.0 Å². The Hall–Kier alpha value is -2.37. The molecule has 94 valence electrons. The maximum Gasteiger partial charge on any atom is 0.343 e. The molecular weight excluding hydrogens is 234 g/mol. The highest BCUT2D eigenvalue weighted by molar-refractivity contribution is 5.69. The SMILES string of the molecule is COC(=O)CCn1c(-c2ccccc2)n[nH]c1=O. The molecule has 0 aliphatic carbocycles. The summed E-state index contributed by atoms with van der Waals surface area (Å²) in [5, 5.41) is 6.35. The van der Waals surface area contributed by atoms with E-state index in [1.54, 1.807) is 0 Å². The molecule has 1 aromatic carbocycles. The van der Waals surface area contributed by atoms with E-state index < -0.39 is 0 Å². The Morgan fingerprint density at radius 1 is 1.39 bits per heavy atom. The highest BCUT2D eigenvalue weighted by Crippen LogP contribution is 2.14. The predicted octanol–water partition coefficient (Wildman–Crippen LogP) is 0.801. The summed E-state index contributed by atoms with van der Waals surface area (Å²) in [6, 6.07) is 9.31. The van der Waals surface area contributed by atoms with Crippen molar-refractivity contribution in [2.45, 2.75) is 13.0 Å². The summed E-state index contributed by atoms with van der Waals surface area (Å²) < 4.78 is 5.97. The molecule has 0 unspecified atom stereocenters. The minimum Gasteiger partial charge on any atom is -0.469 e. The third-order valence-corrected chi connectivity index (χ3v) is 2.56. The second kappa shape index (κ2) is 5.31. The largest absolute Gasteiger partial charge is 0.469 e. The Morgan fingerprint density at radius 3 is 2.78 bits per heavy atom. The quantitative estimate of drug-likeness (QED) is 0.811. The number of hydrogen-bond acceptors (Lipinski definition) is 4. The van der Waals surface area contributed by atoms with Crippen LogP contribution in [0.1, 0.15) is 6.42 Å². The maximum absolute atomic E-state index is 11.6. The van der Waals surface area contributed by atoms with Crippen LogP contribution in [0.3, 0.4) is 0 Å². The van der Waals surface area contributed by atoms with Crippen LogP contribution in [0.5, 0.6) is 0 Å². The molecule has 18 heavy (non-hydrogen) atoms. The van der Waals surface area contributed by atoms with E-state index in [2.05, 4.69) is 14.9 Å². The molecular formula is C12H13N3O3. The molecule has 0 amide bonds. The van der Waals surface area contributed by atoms with Gasteiger partial charge in [0.25, 0.3) is 0 Å². The molecule has 0 aliphatic rings. The average molecular weight is 247 g/mol. The van der Waals surface area contributed by atoms with Crippen LogP contribution in [-0.4, -0.2) is 27.8 Å². The van der Waals surface area contributed by atoms with Gasteiger partial charge in [0.15, 0.2) is 5.82 Å². The van der Waals surface area contributed by atoms with Crippen LogP contribution < -0.4 is 5.69 Å². The van der Waals surface area contributed by atoms with Gasteiger partial charge >= 0.3 is 11.7 Å². The molecule has 0 saturated heterocycles. The first kappa shape index (κ1) is 12.1. The zero-order chi connectivity index (χ0) is 13.0. The summed E-state index contributed by atoms with van der Waals surface area (Å²) in [6.07, 6.45) is 0.135. The number of benzene rings is 1. The van der Waals surface area contributed by atoms with Crippen molar-refractivity contribution in [1.82, 2.24) is 14.8 Å². The van der Waals surface area contributed by atoms with E-state index in [0.29, 0.717) is 5.82 Å². The van der Waals surface area contributed by atoms with Crippen molar-refractivity contribution in [2.24, 2.45) is 0 Å². The first-order valence-corrected chi connectivity index (χ1v) is 5.50. The molecule has 0 bridgehead atoms. The highest BCUT2D eigenvalue weighted by Gasteiger charge is 2.11. The van der Waals surface area contributed by atoms with Crippen molar-refractivity contribution >= 4 is 5.97 Å². The van der Waals surface area contributed by atoms with Crippen LogP contribution in [-0.2, 0) is 16.1 Å². The van der Waals surface area contributed by atoms with E-state index in [4.69, 9.17) is 0 Å². The van der Waals surface area contributed by atoms with Gasteiger partial charge in [0.1, 0.15) is 0 Å². The van der Waals surface area contributed by atoms with Crippen LogP contribution in [0.15, 0.2) is 35.1 Å². The van der Waals surface area contributed by atoms with Gasteiger partial charge < -0.3 is 4.74 Å². The fourth-order valence-corrected chi connectivity index (χ4v) is 1.64. The number of ether oxygens (including phenoxy) is 1. The van der Waals surface area contributed by atoms with E-state index in [1.165, 1.54) is 11.7 Å². The molecule has 0 atom stereocenters. The number of carbonyl (C=O) groups is 1. The van der Waals surface area contributed by atoms with Gasteiger partial charge in [-0.3, -0.25) is 9.36 Å². The fourth-order valence-electron chi connectivity index (χ4n) is 1.64. The Morgan fingerprint density at radius 2 is 2.11 bits per heavy atom. The highest BCUT2D eigenvalue weighted by atomic mass is 16.5. The van der Waals surface area contributed by atoms with E-state index in [9.17, 15) is 9.59 Å². The Kier molecular flexibility index (Phi) is 3.57. The minimum atomic E-state index is -0.359. The van der Waals surface area contributed by atoms with Crippen LogP contribution in [0.4, 0.5) is 0 Å². The number of methoxy groups -OCH3 is 1. The Balaban J connectivity index is 2.28. The fraction of sp³-hybridized carbons (Fsp3) is 0.250. The number of aromatic amines is 1. The normalized spacial score (nSPS) is 10.3. The molecule has 1 aromatic heterocycles. The van der Waals surface area contributed by atoms with Crippen molar-refractivity contribution < 1.29 is 9.53 Å². The zero-order valence-electron chi connectivity index (χ0n) is 9.92. The third kappa shape index (κ3) is 2.48. The van der Waals surface area contributed by atoms with Gasteiger partial charge in [0, 0.05) is 12.1 Å². The van der Waals surface area contributed by atoms with Gasteiger partial charge in [-0.1, -0.05) is 30.3 Å². The van der Waals surface area contributed by atoms with E-state index in [1.807, 2.05) is 30.3 Å². The van der Waals surface area contributed by atoms with Gasteiger partial charge in [-0.2, -0.15) is 5.10 Å². The number of carbonyl (C=O) groups excluding carboxylic acids is 1. The van der Waals surface area contributed by atoms with Crippen LogP contribution in [0, 0.1) is 0 Å². The summed E-state index contributed by atoms with van der Waals surface area (Å²) in [5.41, 5.74) is 0.485. The Labute approximate surface area is 103 Å². The standard InChI is InChI=1S/C12H13N3O3/c1-18-10(16)7-8-15-11(13-14-12(15)17)9-5-3-2-4-6-9/h2-6H,7-8H2,1H3,(H,14,17). The third-order valence-electron chi connectivity index (χ3n) is 2.56. The van der Waals surface area contributed by atoms with E-state index in [0.717, 1.165) is 5.56 Å². The summed E-state index contributed by atoms with van der Waals surface area (Å²) in [6.45, 7) is 0.242. The van der Waals surface area contributed by atoms with Crippen LogP contribution >= 0.6 is 0 Å². The van der Waals surface area contributed by atoms with Crippen LogP contribution in [0.25, 0.3) is 11.4 Å². The molecule has 0 radical (unpaired) electrons. The first-order chi connectivity index (χ1) is 8.72. The zero-order valence-corrected chi connectivity index (χ0v) is 9.92. The van der Waals surface area contributed by atoms with Crippen molar-refractivity contribution in [2.75, 3.05) is 7.11 Å². The number of nitrogens with one attached hydrogen (secondary N) is 1. The van der Waals surface area contributed by atoms with Crippen molar-refractivity contribution in [3.63, 3.8) is 0 Å². The molecule has 0 saturated carbocycles. The molecule has 6 heteroatoms. The van der Waals surface area contributed by atoms with Gasteiger partial charge in [-0.25, -0.2) is 9.89 Å². The maximum atomic E-state index is 11.6. The molecule has 0 fully saturated rings. The lowest BCUT2D eigenvalue weighted by atomic mass is 10.2. The van der Waals surface area contributed by atoms with Gasteiger partial charge in [0.05, 0.1) is 13.5 Å². The summed E-state index contributed by atoms with van der Waals surface area (Å²) in [7, 11) is 1.32. The number of esters is 1. The van der Waals surface area contributed by atoms with Crippen molar-refractivity contribution in [1.29, 1.82) is 0 Å². The predicted molar refractivity (Wildman–Crippen MR) is 64.9 cm³/mol. The molecule has 1 heterocycles. The van der Waals surface area contributed by atoms with E-state index in [-0.39, 0.29) is 24.6 Å². The first-order valence-electron chi connectivity index (χ1n) is 5.50. The van der Waals surface area contributed by atoms with Crippen LogP contribution in [0.2, 0.25) is 0 Å². The lowest BCUT2D eigenvalue weighted by Crippen LogP contribution is -2.19. The molecule has 1 N–H and O–H groups in total. The molecule has 2 aromatic rings. The molecule has 6 nitrogen and oxygen atoms in total. The van der Waals surface area contributed by atoms with Gasteiger partial charge in [-0.05, 0) is 0 Å². The molecule has 2 rings (SSSR count). The second-order valence-corrected chi connectivity index (χ2v) is 3.70. The van der Waals surface area contributed by atoms with Crippen molar-refractivity contribution in [3.05, 3.63) is 40.8 Å². The number of nitrogens with zero attached hydrogens (tertiary/aromatic N) is 2. The number of hydrogen-bond donors (Lipinski definition) is 1. The lowest BCUT2D eigenvalue weighted by Gasteiger charge is -2.04. The summed E-state index contributed by atoms with van der Waals surface area (Å²) in [4.78, 5) is 22.7. The molecule has 0 spiro atoms. The minimum absolute atomic E-state index is 0.135. The lowest BCUT2D eigenvalue weighted by molar-refractivity contribution is -0.140. The monoisotopic (exact) mass is 247 g/mol. The Bertz CT molecular complexity index is 586. The molecule has 0 aliphatic heterocycles. The summed E-state index contributed by atoms with van der Waals surface area (Å²) in [5.74, 6) is 0.159. The smallest absolute Gasteiger partial charge is 0.343 e. The van der Waals surface area contributed by atoms with Gasteiger partial charge in [0.2, 0.25) is 0 Å². The van der Waals surface area contributed by atoms with Gasteiger partial charge in [-0.15, -0.1) is 0 Å². The number of aromatic nitrogens is 3. The number of H-pyrrole nitrogens is 1. The average Bonchev–Trinajstić information content (AvgIpc) is 2.78. The van der Waals surface area contributed by atoms with E-state index >= 15 is 0 Å². The second-order valence-electron chi connectivity index (χ2n) is 3.70. The summed E-state index contributed by atoms with van der Waals surface area (Å²) >= 11 is 0. The van der Waals surface area contributed by atoms with Crippen molar-refractivity contribution in [3.8, 4) is 11.4 Å². The number of rotatable bonds is 4.